The van der Waals surface area contributed by atoms with Crippen LogP contribution in [0.2, 0.25) is 0 Å². The number of anilines is 2. The van der Waals surface area contributed by atoms with Gasteiger partial charge in [-0.3, -0.25) is 0 Å². The van der Waals surface area contributed by atoms with E-state index >= 15 is 0 Å². The van der Waals surface area contributed by atoms with Crippen LogP contribution in [0.5, 0.6) is 5.75 Å². The second-order valence-electron chi connectivity index (χ2n) is 5.41. The van der Waals surface area contributed by atoms with Crippen molar-refractivity contribution in [1.29, 1.82) is 0 Å². The second kappa shape index (κ2) is 5.57. The van der Waals surface area contributed by atoms with Crippen LogP contribution in [0, 0.1) is 6.92 Å². The van der Waals surface area contributed by atoms with Gasteiger partial charge in [-0.15, -0.1) is 0 Å². The molecule has 0 atom stereocenters. The molecule has 4 heteroatoms. The van der Waals surface area contributed by atoms with Crippen LogP contribution < -0.4 is 10.1 Å². The molecular formula is C16H21N3O. The maximum atomic E-state index is 5.29. The summed E-state index contributed by atoms with van der Waals surface area (Å²) in [6.45, 7) is 2.05. The fourth-order valence-corrected chi connectivity index (χ4v) is 2.97. The van der Waals surface area contributed by atoms with Gasteiger partial charge in [-0.05, 0) is 43.5 Å². The predicted octanol–water partition coefficient (Wildman–Crippen LogP) is 4.06. The van der Waals surface area contributed by atoms with Crippen LogP contribution in [0.4, 0.5) is 11.6 Å². The van der Waals surface area contributed by atoms with Crippen molar-refractivity contribution in [3.63, 3.8) is 0 Å². The number of rotatable bonds is 4. The first-order valence-electron chi connectivity index (χ1n) is 7.22. The highest BCUT2D eigenvalue weighted by Crippen LogP contribution is 2.32. The van der Waals surface area contributed by atoms with Crippen LogP contribution in [0.3, 0.4) is 0 Å². The maximum absolute atomic E-state index is 5.29. The Balaban J connectivity index is 1.81. The minimum absolute atomic E-state index is 0.597. The molecule has 1 N–H and O–H groups in total. The van der Waals surface area contributed by atoms with Crippen LogP contribution >= 0.6 is 0 Å². The number of nitrogens with one attached hydrogen (secondary N) is 1. The largest absolute Gasteiger partial charge is 0.496 e. The minimum atomic E-state index is 0.597. The van der Waals surface area contributed by atoms with E-state index in [2.05, 4.69) is 27.1 Å². The van der Waals surface area contributed by atoms with Gasteiger partial charge in [0.2, 0.25) is 5.95 Å². The molecule has 1 heterocycles. The number of hydrogen-bond donors (Lipinski definition) is 1. The Morgan fingerprint density at radius 1 is 1.30 bits per heavy atom. The molecule has 1 aliphatic carbocycles. The highest BCUT2D eigenvalue weighted by Gasteiger charge is 2.19. The third-order valence-electron chi connectivity index (χ3n) is 4.04. The first-order valence-corrected chi connectivity index (χ1v) is 7.22. The molecular weight excluding hydrogens is 250 g/mol. The molecule has 106 valence electrons. The number of ether oxygens (including phenoxy) is 1. The smallest absolute Gasteiger partial charge is 0.207 e. The molecule has 2 aromatic rings. The molecule has 0 spiro atoms. The van der Waals surface area contributed by atoms with Gasteiger partial charge in [-0.25, -0.2) is 4.98 Å². The van der Waals surface area contributed by atoms with Gasteiger partial charge in [0.25, 0.3) is 0 Å². The van der Waals surface area contributed by atoms with Gasteiger partial charge in [-0.1, -0.05) is 12.8 Å². The maximum Gasteiger partial charge on any atom is 0.207 e. The van der Waals surface area contributed by atoms with E-state index in [1.807, 2.05) is 25.3 Å². The number of benzene rings is 1. The molecule has 0 amide bonds. The molecule has 1 aliphatic rings. The minimum Gasteiger partial charge on any atom is -0.496 e. The van der Waals surface area contributed by atoms with E-state index < -0.39 is 0 Å². The van der Waals surface area contributed by atoms with Gasteiger partial charge in [0.05, 0.1) is 7.11 Å². The number of aromatic nitrogens is 2. The number of nitrogens with zero attached hydrogens (tertiary/aromatic N) is 2. The Kier molecular flexibility index (Phi) is 3.63. The van der Waals surface area contributed by atoms with Crippen LogP contribution in [-0.4, -0.2) is 16.7 Å². The van der Waals surface area contributed by atoms with Gasteiger partial charge < -0.3 is 14.6 Å². The summed E-state index contributed by atoms with van der Waals surface area (Å²) >= 11 is 0. The Bertz CT molecular complexity index is 585. The Morgan fingerprint density at radius 2 is 2.10 bits per heavy atom. The molecule has 4 nitrogen and oxygen atoms in total. The highest BCUT2D eigenvalue weighted by molar-refractivity contribution is 5.57. The van der Waals surface area contributed by atoms with Crippen LogP contribution in [-0.2, 0) is 0 Å². The van der Waals surface area contributed by atoms with Crippen LogP contribution in [0.25, 0.3) is 0 Å². The van der Waals surface area contributed by atoms with E-state index in [9.17, 15) is 0 Å². The van der Waals surface area contributed by atoms with E-state index in [-0.39, 0.29) is 0 Å². The monoisotopic (exact) mass is 271 g/mol. The lowest BCUT2D eigenvalue weighted by Gasteiger charge is -2.16. The first kappa shape index (κ1) is 13.0. The van der Waals surface area contributed by atoms with E-state index in [1.54, 1.807) is 7.11 Å². The average molecular weight is 271 g/mol. The van der Waals surface area contributed by atoms with Gasteiger partial charge in [0.15, 0.2) is 0 Å². The lowest BCUT2D eigenvalue weighted by atomic mass is 10.2. The molecule has 1 fully saturated rings. The van der Waals surface area contributed by atoms with Crippen LogP contribution in [0.1, 0.15) is 37.3 Å². The summed E-state index contributed by atoms with van der Waals surface area (Å²) in [5.41, 5.74) is 2.17. The van der Waals surface area contributed by atoms with Crippen molar-refractivity contribution < 1.29 is 4.74 Å². The van der Waals surface area contributed by atoms with Crippen molar-refractivity contribution in [2.45, 2.75) is 38.6 Å². The lowest BCUT2D eigenvalue weighted by molar-refractivity contribution is 0.412. The number of imidazole rings is 1. The summed E-state index contributed by atoms with van der Waals surface area (Å²) in [4.78, 5) is 4.45. The predicted molar refractivity (Wildman–Crippen MR) is 80.7 cm³/mol. The fraction of sp³-hybridized carbons (Fsp3) is 0.438. The van der Waals surface area contributed by atoms with Gasteiger partial charge in [0.1, 0.15) is 5.75 Å². The van der Waals surface area contributed by atoms with Crippen molar-refractivity contribution in [3.05, 3.63) is 36.2 Å². The summed E-state index contributed by atoms with van der Waals surface area (Å²) in [6.07, 6.45) is 9.11. The second-order valence-corrected chi connectivity index (χ2v) is 5.41. The number of methoxy groups -OCH3 is 1. The van der Waals surface area contributed by atoms with Gasteiger partial charge in [0, 0.05) is 24.1 Å². The van der Waals surface area contributed by atoms with Crippen molar-refractivity contribution in [2.75, 3.05) is 12.4 Å². The normalized spacial score (nSPS) is 15.5. The molecule has 1 saturated carbocycles. The van der Waals surface area contributed by atoms with E-state index in [1.165, 1.54) is 25.7 Å². The van der Waals surface area contributed by atoms with Crippen molar-refractivity contribution in [1.82, 2.24) is 9.55 Å². The summed E-state index contributed by atoms with van der Waals surface area (Å²) in [5.74, 6) is 1.84. The molecule has 1 aromatic heterocycles. The summed E-state index contributed by atoms with van der Waals surface area (Å²) < 4.78 is 7.56. The number of aryl methyl sites for hydroxylation is 1. The van der Waals surface area contributed by atoms with Gasteiger partial charge >= 0.3 is 0 Å². The van der Waals surface area contributed by atoms with Crippen molar-refractivity contribution in [2.24, 2.45) is 0 Å². The zero-order valence-corrected chi connectivity index (χ0v) is 12.1. The Hall–Kier alpha value is -1.97. The van der Waals surface area contributed by atoms with E-state index in [4.69, 9.17) is 4.74 Å². The molecule has 0 aliphatic heterocycles. The van der Waals surface area contributed by atoms with E-state index in [0.717, 1.165) is 22.9 Å². The van der Waals surface area contributed by atoms with E-state index in [0.29, 0.717) is 6.04 Å². The molecule has 1 aromatic carbocycles. The summed E-state index contributed by atoms with van der Waals surface area (Å²) in [7, 11) is 1.70. The Labute approximate surface area is 119 Å². The van der Waals surface area contributed by atoms with Crippen LogP contribution in [0.15, 0.2) is 30.6 Å². The molecule has 3 rings (SSSR count). The lowest BCUT2D eigenvalue weighted by Crippen LogP contribution is -2.08. The third kappa shape index (κ3) is 2.50. The SMILES string of the molecule is COc1ccc(Nc2nccn2C2CCCC2)cc1C. The topological polar surface area (TPSA) is 39.1 Å². The number of hydrogen-bond acceptors (Lipinski definition) is 3. The molecule has 0 saturated heterocycles. The quantitative estimate of drug-likeness (QED) is 0.911. The Morgan fingerprint density at radius 3 is 2.80 bits per heavy atom. The molecule has 20 heavy (non-hydrogen) atoms. The molecule has 0 unspecified atom stereocenters. The third-order valence-corrected chi connectivity index (χ3v) is 4.04. The summed E-state index contributed by atoms with van der Waals surface area (Å²) in [6, 6.07) is 6.70. The summed E-state index contributed by atoms with van der Waals surface area (Å²) in [5, 5.41) is 3.42. The zero-order chi connectivity index (χ0) is 13.9. The van der Waals surface area contributed by atoms with Gasteiger partial charge in [-0.2, -0.15) is 0 Å². The first-order chi connectivity index (χ1) is 9.78. The fourth-order valence-electron chi connectivity index (χ4n) is 2.97. The average Bonchev–Trinajstić information content (AvgIpc) is 3.09. The highest BCUT2D eigenvalue weighted by atomic mass is 16.5. The zero-order valence-electron chi connectivity index (χ0n) is 12.1. The molecule has 0 bridgehead atoms. The standard InChI is InChI=1S/C16H21N3O/c1-12-11-13(7-8-15(12)20-2)18-16-17-9-10-19(16)14-5-3-4-6-14/h7-11,14H,3-6H2,1-2H3,(H,17,18). The molecule has 0 radical (unpaired) electrons. The van der Waals surface area contributed by atoms with Crippen molar-refractivity contribution in [3.8, 4) is 5.75 Å². The van der Waals surface area contributed by atoms with Crippen molar-refractivity contribution >= 4 is 11.6 Å².